The number of Topliss-reactive ketones (excluding diaryl/α,β-unsaturated/α-hetero) is 1. The van der Waals surface area contributed by atoms with Crippen molar-refractivity contribution >= 4 is 17.7 Å². The summed E-state index contributed by atoms with van der Waals surface area (Å²) < 4.78 is 4.89. The van der Waals surface area contributed by atoms with Crippen molar-refractivity contribution in [1.29, 1.82) is 0 Å². The summed E-state index contributed by atoms with van der Waals surface area (Å²) in [5.74, 6) is -0.284. The van der Waals surface area contributed by atoms with Gasteiger partial charge in [-0.2, -0.15) is 0 Å². The summed E-state index contributed by atoms with van der Waals surface area (Å²) in [5, 5.41) is 0. The number of aromatic nitrogens is 1. The maximum absolute atomic E-state index is 13.3. The lowest BCUT2D eigenvalue weighted by Crippen LogP contribution is -2.40. The number of H-pyrrole nitrogens is 1. The molecule has 1 fully saturated rings. The summed E-state index contributed by atoms with van der Waals surface area (Å²) in [7, 11) is 1.30. The molecule has 1 aliphatic carbocycles. The summed E-state index contributed by atoms with van der Waals surface area (Å²) in [5.41, 5.74) is 2.65. The second kappa shape index (κ2) is 8.64. The number of methoxy groups -OCH3 is 1. The van der Waals surface area contributed by atoms with Crippen molar-refractivity contribution in [2.75, 3.05) is 7.11 Å². The topological polar surface area (TPSA) is 79.5 Å². The lowest BCUT2D eigenvalue weighted by molar-refractivity contribution is -0.133. The molecule has 0 saturated heterocycles. The van der Waals surface area contributed by atoms with E-state index in [1.807, 2.05) is 35.2 Å². The van der Waals surface area contributed by atoms with Gasteiger partial charge in [0.15, 0.2) is 5.78 Å². The first-order valence-electron chi connectivity index (χ1n) is 9.97. The van der Waals surface area contributed by atoms with Crippen molar-refractivity contribution in [3.63, 3.8) is 0 Å². The molecule has 0 aliphatic heterocycles. The molecule has 1 aromatic carbocycles. The number of rotatable bonds is 8. The third kappa shape index (κ3) is 4.58. The van der Waals surface area contributed by atoms with Crippen LogP contribution < -0.4 is 0 Å². The van der Waals surface area contributed by atoms with E-state index in [4.69, 9.17) is 4.74 Å². The van der Waals surface area contributed by atoms with Crippen molar-refractivity contribution in [2.24, 2.45) is 5.92 Å². The number of carbonyl (C=O) groups is 3. The van der Waals surface area contributed by atoms with Gasteiger partial charge in [-0.25, -0.2) is 4.79 Å². The SMILES string of the molecule is COC(=O)c1c(CC(=O)N(Cc2ccccc2)C(C)C2CC2)[nH]c(C(C)=O)c1C. The minimum absolute atomic E-state index is 0.0163. The lowest BCUT2D eigenvalue weighted by atomic mass is 10.1. The Labute approximate surface area is 171 Å². The minimum atomic E-state index is -0.543. The van der Waals surface area contributed by atoms with Gasteiger partial charge in [0.05, 0.1) is 24.8 Å². The largest absolute Gasteiger partial charge is 0.465 e. The van der Waals surface area contributed by atoms with E-state index in [1.165, 1.54) is 14.0 Å². The van der Waals surface area contributed by atoms with Gasteiger partial charge < -0.3 is 14.6 Å². The highest BCUT2D eigenvalue weighted by Gasteiger charge is 2.35. The molecule has 2 aromatic rings. The zero-order valence-electron chi connectivity index (χ0n) is 17.5. The van der Waals surface area contributed by atoms with Gasteiger partial charge >= 0.3 is 5.97 Å². The zero-order chi connectivity index (χ0) is 21.1. The Balaban J connectivity index is 1.90. The van der Waals surface area contributed by atoms with E-state index in [-0.39, 0.29) is 29.7 Å². The number of ketones is 1. The number of aromatic amines is 1. The van der Waals surface area contributed by atoms with Crippen LogP contribution in [0.15, 0.2) is 30.3 Å². The fraction of sp³-hybridized carbons (Fsp3) is 0.435. The van der Waals surface area contributed by atoms with Crippen LogP contribution in [0.25, 0.3) is 0 Å². The molecular formula is C23H28N2O4. The van der Waals surface area contributed by atoms with Crippen molar-refractivity contribution in [3.8, 4) is 0 Å². The van der Waals surface area contributed by atoms with Gasteiger partial charge in [-0.1, -0.05) is 30.3 Å². The number of amides is 1. The Hall–Kier alpha value is -2.89. The first-order chi connectivity index (χ1) is 13.8. The third-order valence-electron chi connectivity index (χ3n) is 5.71. The normalized spacial score (nSPS) is 14.3. The standard InChI is InChI=1S/C23H28N2O4/c1-14-21(23(28)29-4)19(24-22(14)16(3)26)12-20(27)25(15(2)18-10-11-18)13-17-8-6-5-7-9-17/h5-9,15,18,24H,10-13H2,1-4H3. The molecule has 1 N–H and O–H groups in total. The van der Waals surface area contributed by atoms with E-state index in [1.54, 1.807) is 6.92 Å². The maximum atomic E-state index is 13.3. The number of nitrogens with zero attached hydrogens (tertiary/aromatic N) is 1. The Kier molecular flexibility index (Phi) is 6.20. The fourth-order valence-electron chi connectivity index (χ4n) is 3.85. The molecular weight excluding hydrogens is 368 g/mol. The van der Waals surface area contributed by atoms with E-state index in [9.17, 15) is 14.4 Å². The van der Waals surface area contributed by atoms with Gasteiger partial charge in [-0.05, 0) is 43.7 Å². The van der Waals surface area contributed by atoms with E-state index in [0.29, 0.717) is 29.4 Å². The zero-order valence-corrected chi connectivity index (χ0v) is 17.5. The Morgan fingerprint density at radius 2 is 1.86 bits per heavy atom. The number of benzene rings is 1. The molecule has 6 heteroatoms. The molecule has 1 amide bonds. The summed E-state index contributed by atoms with van der Waals surface area (Å²) in [4.78, 5) is 42.4. The Morgan fingerprint density at radius 3 is 2.41 bits per heavy atom. The summed E-state index contributed by atoms with van der Waals surface area (Å²) in [6, 6.07) is 10.0. The molecule has 1 heterocycles. The van der Waals surface area contributed by atoms with Gasteiger partial charge in [0, 0.05) is 25.2 Å². The van der Waals surface area contributed by atoms with Crippen LogP contribution >= 0.6 is 0 Å². The fourth-order valence-corrected chi connectivity index (χ4v) is 3.85. The summed E-state index contributed by atoms with van der Waals surface area (Å²) in [6.45, 7) is 5.73. The first kappa shape index (κ1) is 20.8. The molecule has 1 aromatic heterocycles. The highest BCUT2D eigenvalue weighted by Crippen LogP contribution is 2.36. The highest BCUT2D eigenvalue weighted by molar-refractivity contribution is 6.01. The van der Waals surface area contributed by atoms with Crippen molar-refractivity contribution in [1.82, 2.24) is 9.88 Å². The molecule has 1 aliphatic rings. The molecule has 1 atom stereocenters. The third-order valence-corrected chi connectivity index (χ3v) is 5.71. The van der Waals surface area contributed by atoms with Gasteiger partial charge in [0.2, 0.25) is 5.91 Å². The molecule has 1 saturated carbocycles. The number of hydrogen-bond acceptors (Lipinski definition) is 4. The molecule has 0 bridgehead atoms. The quantitative estimate of drug-likeness (QED) is 0.545. The number of nitrogens with one attached hydrogen (secondary N) is 1. The van der Waals surface area contributed by atoms with Crippen LogP contribution in [0.3, 0.4) is 0 Å². The second-order valence-electron chi connectivity index (χ2n) is 7.79. The van der Waals surface area contributed by atoms with Gasteiger partial charge in [0.1, 0.15) is 0 Å². The molecule has 29 heavy (non-hydrogen) atoms. The van der Waals surface area contributed by atoms with Crippen LogP contribution in [-0.2, 0) is 22.5 Å². The van der Waals surface area contributed by atoms with Gasteiger partial charge in [0.25, 0.3) is 0 Å². The van der Waals surface area contributed by atoms with Crippen molar-refractivity contribution < 1.29 is 19.1 Å². The van der Waals surface area contributed by atoms with E-state index in [2.05, 4.69) is 11.9 Å². The molecule has 6 nitrogen and oxygen atoms in total. The van der Waals surface area contributed by atoms with Crippen LogP contribution in [0, 0.1) is 12.8 Å². The van der Waals surface area contributed by atoms with E-state index >= 15 is 0 Å². The van der Waals surface area contributed by atoms with Crippen LogP contribution in [0.5, 0.6) is 0 Å². The predicted octanol–water partition coefficient (Wildman–Crippen LogP) is 3.68. The predicted molar refractivity (Wildman–Crippen MR) is 110 cm³/mol. The summed E-state index contributed by atoms with van der Waals surface area (Å²) in [6.07, 6.45) is 2.27. The maximum Gasteiger partial charge on any atom is 0.339 e. The first-order valence-corrected chi connectivity index (χ1v) is 9.97. The van der Waals surface area contributed by atoms with Crippen molar-refractivity contribution in [2.45, 2.75) is 52.6 Å². The van der Waals surface area contributed by atoms with Crippen LogP contribution in [0.4, 0.5) is 0 Å². The molecule has 3 rings (SSSR count). The van der Waals surface area contributed by atoms with Crippen LogP contribution in [0.1, 0.15) is 64.4 Å². The van der Waals surface area contributed by atoms with E-state index in [0.717, 1.165) is 18.4 Å². The average Bonchev–Trinajstić information content (AvgIpc) is 3.50. The number of ether oxygens (including phenoxy) is 1. The molecule has 1 unspecified atom stereocenters. The summed E-state index contributed by atoms with van der Waals surface area (Å²) >= 11 is 0. The second-order valence-corrected chi connectivity index (χ2v) is 7.79. The highest BCUT2D eigenvalue weighted by atomic mass is 16.5. The lowest BCUT2D eigenvalue weighted by Gasteiger charge is -2.30. The smallest absolute Gasteiger partial charge is 0.339 e. The Bertz CT molecular complexity index is 912. The van der Waals surface area contributed by atoms with Crippen LogP contribution in [-0.4, -0.2) is 40.7 Å². The number of carbonyl (C=O) groups excluding carboxylic acids is 3. The molecule has 0 spiro atoms. The molecule has 0 radical (unpaired) electrons. The monoisotopic (exact) mass is 396 g/mol. The average molecular weight is 396 g/mol. The van der Waals surface area contributed by atoms with Crippen LogP contribution in [0.2, 0.25) is 0 Å². The minimum Gasteiger partial charge on any atom is -0.465 e. The van der Waals surface area contributed by atoms with Gasteiger partial charge in [-0.15, -0.1) is 0 Å². The van der Waals surface area contributed by atoms with E-state index < -0.39 is 5.97 Å². The van der Waals surface area contributed by atoms with Crippen molar-refractivity contribution in [3.05, 3.63) is 58.4 Å². The number of esters is 1. The number of hydrogen-bond donors (Lipinski definition) is 1. The molecule has 154 valence electrons. The van der Waals surface area contributed by atoms with Gasteiger partial charge in [-0.3, -0.25) is 9.59 Å². The Morgan fingerprint density at radius 1 is 1.21 bits per heavy atom.